The highest BCUT2D eigenvalue weighted by Crippen LogP contribution is 2.38. The van der Waals surface area contributed by atoms with Crippen LogP contribution < -0.4 is 5.73 Å². The fourth-order valence-electron chi connectivity index (χ4n) is 2.29. The lowest BCUT2D eigenvalue weighted by Crippen LogP contribution is -2.39. The van der Waals surface area contributed by atoms with E-state index in [9.17, 15) is 5.11 Å². The van der Waals surface area contributed by atoms with E-state index in [0.717, 1.165) is 31.4 Å². The molecule has 3 heteroatoms. The molecule has 2 rings (SSSR count). The Hall–Kier alpha value is -0.800. The molecule has 0 saturated heterocycles. The van der Waals surface area contributed by atoms with Gasteiger partial charge < -0.3 is 15.3 Å². The smallest absolute Gasteiger partial charge is 0.111 e. The summed E-state index contributed by atoms with van der Waals surface area (Å²) in [4.78, 5) is 0. The standard InChI is InChI=1S/C11H17NO2/c12-8-11(10-2-1-7-14-10)5-3-9(13)4-6-11/h1-2,7,9,13H,3-6,8,12H2. The maximum absolute atomic E-state index is 9.46. The number of aliphatic hydroxyl groups excluding tert-OH is 1. The maximum Gasteiger partial charge on any atom is 0.111 e. The van der Waals surface area contributed by atoms with Crippen LogP contribution in [0.3, 0.4) is 0 Å². The molecule has 1 aliphatic rings. The number of hydrogen-bond donors (Lipinski definition) is 2. The molecule has 1 heterocycles. The van der Waals surface area contributed by atoms with Crippen molar-refractivity contribution in [2.24, 2.45) is 5.73 Å². The molecule has 3 nitrogen and oxygen atoms in total. The minimum atomic E-state index is -0.148. The highest BCUT2D eigenvalue weighted by molar-refractivity contribution is 5.16. The second-order valence-electron chi connectivity index (χ2n) is 4.19. The van der Waals surface area contributed by atoms with Crippen molar-refractivity contribution < 1.29 is 9.52 Å². The molecule has 0 atom stereocenters. The lowest BCUT2D eigenvalue weighted by Gasteiger charge is -2.36. The zero-order valence-electron chi connectivity index (χ0n) is 8.28. The molecule has 0 aliphatic heterocycles. The molecule has 1 fully saturated rings. The van der Waals surface area contributed by atoms with Crippen LogP contribution in [-0.4, -0.2) is 17.8 Å². The zero-order chi connectivity index (χ0) is 10.0. The van der Waals surface area contributed by atoms with Crippen LogP contribution in [0.4, 0.5) is 0 Å². The van der Waals surface area contributed by atoms with Crippen molar-refractivity contribution in [1.82, 2.24) is 0 Å². The van der Waals surface area contributed by atoms with Crippen LogP contribution in [0.2, 0.25) is 0 Å². The van der Waals surface area contributed by atoms with Gasteiger partial charge in [-0.05, 0) is 37.8 Å². The van der Waals surface area contributed by atoms with E-state index in [4.69, 9.17) is 10.2 Å². The van der Waals surface area contributed by atoms with Crippen LogP contribution in [0.1, 0.15) is 31.4 Å². The summed E-state index contributed by atoms with van der Waals surface area (Å²) in [6, 6.07) is 3.89. The Morgan fingerprint density at radius 3 is 2.71 bits per heavy atom. The molecule has 0 bridgehead atoms. The van der Waals surface area contributed by atoms with Crippen LogP contribution in [0.15, 0.2) is 22.8 Å². The molecule has 0 amide bonds. The van der Waals surface area contributed by atoms with Crippen molar-refractivity contribution in [1.29, 1.82) is 0 Å². The summed E-state index contributed by atoms with van der Waals surface area (Å²) in [5.41, 5.74) is 5.81. The Labute approximate surface area is 83.9 Å². The van der Waals surface area contributed by atoms with Gasteiger partial charge in [-0.3, -0.25) is 0 Å². The summed E-state index contributed by atoms with van der Waals surface area (Å²) in [6.45, 7) is 0.604. The van der Waals surface area contributed by atoms with Gasteiger partial charge in [-0.15, -0.1) is 0 Å². The van der Waals surface area contributed by atoms with Crippen molar-refractivity contribution in [3.05, 3.63) is 24.2 Å². The van der Waals surface area contributed by atoms with Gasteiger partial charge in [-0.2, -0.15) is 0 Å². The predicted molar refractivity (Wildman–Crippen MR) is 53.9 cm³/mol. The van der Waals surface area contributed by atoms with Gasteiger partial charge in [0, 0.05) is 12.0 Å². The van der Waals surface area contributed by atoms with Gasteiger partial charge >= 0.3 is 0 Å². The quantitative estimate of drug-likeness (QED) is 0.750. The number of nitrogens with two attached hydrogens (primary N) is 1. The second-order valence-corrected chi connectivity index (χ2v) is 4.19. The first-order chi connectivity index (χ1) is 6.77. The number of furan rings is 1. The minimum Gasteiger partial charge on any atom is -0.469 e. The molecule has 78 valence electrons. The average Bonchev–Trinajstić information content (AvgIpc) is 2.73. The number of rotatable bonds is 2. The van der Waals surface area contributed by atoms with Gasteiger partial charge in [0.25, 0.3) is 0 Å². The monoisotopic (exact) mass is 195 g/mol. The highest BCUT2D eigenvalue weighted by Gasteiger charge is 2.37. The van der Waals surface area contributed by atoms with Crippen molar-refractivity contribution in [2.45, 2.75) is 37.2 Å². The summed E-state index contributed by atoms with van der Waals surface area (Å²) in [5.74, 6) is 0.979. The van der Waals surface area contributed by atoms with Gasteiger partial charge in [-0.25, -0.2) is 0 Å². The molecule has 1 aliphatic carbocycles. The molecule has 0 spiro atoms. The third kappa shape index (κ3) is 1.57. The first-order valence-corrected chi connectivity index (χ1v) is 5.19. The lowest BCUT2D eigenvalue weighted by molar-refractivity contribution is 0.0901. The van der Waals surface area contributed by atoms with Crippen molar-refractivity contribution in [3.8, 4) is 0 Å². The van der Waals surface area contributed by atoms with Gasteiger partial charge in [-0.1, -0.05) is 0 Å². The van der Waals surface area contributed by atoms with Gasteiger partial charge in [0.15, 0.2) is 0 Å². The average molecular weight is 195 g/mol. The van der Waals surface area contributed by atoms with Crippen LogP contribution in [-0.2, 0) is 5.41 Å². The largest absolute Gasteiger partial charge is 0.469 e. The lowest BCUT2D eigenvalue weighted by atomic mass is 9.71. The predicted octanol–water partition coefficient (Wildman–Crippen LogP) is 1.41. The molecule has 0 aromatic carbocycles. The molecule has 14 heavy (non-hydrogen) atoms. The minimum absolute atomic E-state index is 0.0251. The summed E-state index contributed by atoms with van der Waals surface area (Å²) in [6.07, 6.45) is 5.06. The Morgan fingerprint density at radius 2 is 2.21 bits per heavy atom. The Balaban J connectivity index is 2.19. The molecule has 1 aromatic rings. The highest BCUT2D eigenvalue weighted by atomic mass is 16.3. The summed E-state index contributed by atoms with van der Waals surface area (Å²) < 4.78 is 5.44. The molecular weight excluding hydrogens is 178 g/mol. The molecule has 0 unspecified atom stereocenters. The van der Waals surface area contributed by atoms with Gasteiger partial charge in [0.2, 0.25) is 0 Å². The zero-order valence-corrected chi connectivity index (χ0v) is 8.28. The van der Waals surface area contributed by atoms with Crippen LogP contribution in [0.25, 0.3) is 0 Å². The first kappa shape index (κ1) is 9.74. The van der Waals surface area contributed by atoms with E-state index in [1.54, 1.807) is 6.26 Å². The fraction of sp³-hybridized carbons (Fsp3) is 0.636. The summed E-state index contributed by atoms with van der Waals surface area (Å²) >= 11 is 0. The van der Waals surface area contributed by atoms with E-state index in [2.05, 4.69) is 0 Å². The van der Waals surface area contributed by atoms with E-state index in [0.29, 0.717) is 6.54 Å². The van der Waals surface area contributed by atoms with Crippen LogP contribution >= 0.6 is 0 Å². The SMILES string of the molecule is NCC1(c2ccco2)CCC(O)CC1. The maximum atomic E-state index is 9.46. The van der Waals surface area contributed by atoms with Crippen molar-refractivity contribution >= 4 is 0 Å². The summed E-state index contributed by atoms with van der Waals surface area (Å²) in [5, 5.41) is 9.46. The van der Waals surface area contributed by atoms with E-state index >= 15 is 0 Å². The van der Waals surface area contributed by atoms with E-state index in [-0.39, 0.29) is 11.5 Å². The Morgan fingerprint density at radius 1 is 1.50 bits per heavy atom. The molecule has 0 radical (unpaired) electrons. The van der Waals surface area contributed by atoms with Gasteiger partial charge in [0.05, 0.1) is 12.4 Å². The summed E-state index contributed by atoms with van der Waals surface area (Å²) in [7, 11) is 0. The van der Waals surface area contributed by atoms with Crippen molar-refractivity contribution in [3.63, 3.8) is 0 Å². The molecule has 1 aromatic heterocycles. The fourth-order valence-corrected chi connectivity index (χ4v) is 2.29. The van der Waals surface area contributed by atoms with Gasteiger partial charge in [0.1, 0.15) is 5.76 Å². The third-order valence-electron chi connectivity index (χ3n) is 3.35. The third-order valence-corrected chi connectivity index (χ3v) is 3.35. The Bertz CT molecular complexity index is 273. The molecule has 1 saturated carbocycles. The first-order valence-electron chi connectivity index (χ1n) is 5.19. The number of hydrogen-bond acceptors (Lipinski definition) is 3. The molecule has 3 N–H and O–H groups in total. The van der Waals surface area contributed by atoms with E-state index < -0.39 is 0 Å². The Kier molecular flexibility index (Phi) is 2.61. The van der Waals surface area contributed by atoms with Crippen molar-refractivity contribution in [2.75, 3.05) is 6.54 Å². The topological polar surface area (TPSA) is 59.4 Å². The van der Waals surface area contributed by atoms with E-state index in [1.165, 1.54) is 0 Å². The number of aliphatic hydroxyl groups is 1. The van der Waals surface area contributed by atoms with E-state index in [1.807, 2.05) is 12.1 Å². The normalized spacial score (nSPS) is 33.1. The molecular formula is C11H17NO2. The van der Waals surface area contributed by atoms with Crippen LogP contribution in [0, 0.1) is 0 Å². The second kappa shape index (κ2) is 3.75. The van der Waals surface area contributed by atoms with Crippen LogP contribution in [0.5, 0.6) is 0 Å².